The predicted molar refractivity (Wildman–Crippen MR) is 391 cm³/mol. The van der Waals surface area contributed by atoms with E-state index in [0.717, 1.165) is 114 Å². The molecule has 3 N–H and O–H groups in total. The summed E-state index contributed by atoms with van der Waals surface area (Å²) in [5.41, 5.74) is 0. The normalized spacial score (nSPS) is 14.4. The van der Waals surface area contributed by atoms with Crippen molar-refractivity contribution in [3.8, 4) is 0 Å². The van der Waals surface area contributed by atoms with E-state index in [1.807, 2.05) is 0 Å². The zero-order valence-electron chi connectivity index (χ0n) is 63.0. The second-order valence-corrected chi connectivity index (χ2v) is 32.3. The van der Waals surface area contributed by atoms with E-state index in [4.69, 9.17) is 37.0 Å². The predicted octanol–water partition coefficient (Wildman–Crippen LogP) is 22.4. The molecule has 0 aliphatic heterocycles. The molecule has 0 heterocycles. The zero-order valence-corrected chi connectivity index (χ0v) is 64.8. The molecule has 0 bridgehead atoms. The molecule has 17 nitrogen and oxygen atoms in total. The minimum atomic E-state index is -4.96. The molecular formula is C77H150O17P2. The molecule has 0 spiro atoms. The van der Waals surface area contributed by atoms with Crippen LogP contribution in [0.25, 0.3) is 0 Å². The Morgan fingerprint density at radius 2 is 0.500 bits per heavy atom. The number of aliphatic hydroxyl groups excluding tert-OH is 1. The van der Waals surface area contributed by atoms with E-state index in [-0.39, 0.29) is 25.7 Å². The number of hydrogen-bond donors (Lipinski definition) is 3. The number of phosphoric ester groups is 2. The van der Waals surface area contributed by atoms with Crippen LogP contribution in [0.4, 0.5) is 0 Å². The molecule has 0 aromatic heterocycles. The van der Waals surface area contributed by atoms with Crippen LogP contribution in [0.2, 0.25) is 0 Å². The van der Waals surface area contributed by atoms with Crippen molar-refractivity contribution in [2.24, 2.45) is 23.7 Å². The highest BCUT2D eigenvalue weighted by Crippen LogP contribution is 2.45. The lowest BCUT2D eigenvalue weighted by Gasteiger charge is -2.21. The van der Waals surface area contributed by atoms with Crippen LogP contribution in [0.15, 0.2) is 0 Å². The summed E-state index contributed by atoms with van der Waals surface area (Å²) in [7, 11) is -9.91. The Kier molecular flexibility index (Phi) is 65.0. The molecule has 0 aromatic rings. The van der Waals surface area contributed by atoms with E-state index >= 15 is 0 Å². The average molecular weight is 1410 g/mol. The largest absolute Gasteiger partial charge is 0.472 e. The van der Waals surface area contributed by atoms with Crippen molar-refractivity contribution in [1.29, 1.82) is 0 Å². The maximum absolute atomic E-state index is 13.1. The molecule has 4 unspecified atom stereocenters. The lowest BCUT2D eigenvalue weighted by molar-refractivity contribution is -0.161. The number of carbonyl (C=O) groups excluding carboxylic acids is 4. The number of rotatable bonds is 74. The van der Waals surface area contributed by atoms with Crippen LogP contribution in [0.5, 0.6) is 0 Å². The van der Waals surface area contributed by atoms with E-state index < -0.39 is 97.5 Å². The van der Waals surface area contributed by atoms with Crippen LogP contribution >= 0.6 is 15.6 Å². The first-order valence-corrected chi connectivity index (χ1v) is 42.7. The van der Waals surface area contributed by atoms with Gasteiger partial charge in [-0.25, -0.2) is 9.13 Å². The van der Waals surface area contributed by atoms with E-state index in [1.165, 1.54) is 186 Å². The van der Waals surface area contributed by atoms with Crippen molar-refractivity contribution in [3.63, 3.8) is 0 Å². The van der Waals surface area contributed by atoms with Gasteiger partial charge in [0.2, 0.25) is 0 Å². The van der Waals surface area contributed by atoms with Gasteiger partial charge in [0.25, 0.3) is 0 Å². The van der Waals surface area contributed by atoms with Gasteiger partial charge in [0, 0.05) is 25.7 Å². The summed E-state index contributed by atoms with van der Waals surface area (Å²) in [6.07, 6.45) is 51.5. The number of aliphatic hydroxyl groups is 1. The fourth-order valence-electron chi connectivity index (χ4n) is 11.7. The first-order chi connectivity index (χ1) is 46.1. The highest BCUT2D eigenvalue weighted by Gasteiger charge is 2.30. The topological polar surface area (TPSA) is 237 Å². The van der Waals surface area contributed by atoms with Crippen LogP contribution in [0.1, 0.15) is 389 Å². The number of hydrogen-bond acceptors (Lipinski definition) is 15. The van der Waals surface area contributed by atoms with Gasteiger partial charge in [0.05, 0.1) is 26.4 Å². The van der Waals surface area contributed by atoms with E-state index in [1.54, 1.807) is 0 Å². The first kappa shape index (κ1) is 94.1. The minimum Gasteiger partial charge on any atom is -0.462 e. The fourth-order valence-corrected chi connectivity index (χ4v) is 13.3. The summed E-state index contributed by atoms with van der Waals surface area (Å²) in [5.74, 6) is 0.920. The molecule has 0 rings (SSSR count). The molecule has 0 amide bonds. The minimum absolute atomic E-state index is 0.106. The Balaban J connectivity index is 5.18. The van der Waals surface area contributed by atoms with Crippen molar-refractivity contribution in [3.05, 3.63) is 0 Å². The Bertz CT molecular complexity index is 1890. The summed E-state index contributed by atoms with van der Waals surface area (Å²) in [4.78, 5) is 72.8. The van der Waals surface area contributed by atoms with Gasteiger partial charge in [0.15, 0.2) is 12.2 Å². The smallest absolute Gasteiger partial charge is 0.462 e. The maximum Gasteiger partial charge on any atom is 0.472 e. The van der Waals surface area contributed by atoms with Crippen LogP contribution in [-0.2, 0) is 65.4 Å². The number of ether oxygens (including phenoxy) is 4. The molecule has 0 fully saturated rings. The molecule has 96 heavy (non-hydrogen) atoms. The van der Waals surface area contributed by atoms with Crippen LogP contribution in [0.3, 0.4) is 0 Å². The monoisotopic (exact) mass is 1410 g/mol. The molecule has 0 radical (unpaired) electrons. The molecule has 0 aromatic carbocycles. The second kappa shape index (κ2) is 66.3. The van der Waals surface area contributed by atoms with Gasteiger partial charge in [-0.2, -0.15) is 0 Å². The zero-order chi connectivity index (χ0) is 71.0. The van der Waals surface area contributed by atoms with Gasteiger partial charge in [-0.05, 0) is 49.4 Å². The Hall–Kier alpha value is -1.94. The van der Waals surface area contributed by atoms with Gasteiger partial charge < -0.3 is 33.8 Å². The number of phosphoric acid groups is 2. The highest BCUT2D eigenvalue weighted by molar-refractivity contribution is 7.47. The Morgan fingerprint density at radius 3 is 0.740 bits per heavy atom. The molecule has 19 heteroatoms. The lowest BCUT2D eigenvalue weighted by atomic mass is 9.99. The SMILES string of the molecule is CCC(C)CCCCCCCCCCC(=O)OC[C@H](COP(=O)(O)OCC(O)COP(=O)(O)OC[C@@H](COC(=O)CCCCCCCCC(C)C)OC(=O)CCCCCCCCCCCCCCCCCCCCC(C)C)OC(=O)CCCCCCCCCCCCCC(C)C. The third kappa shape index (κ3) is 69.2. The van der Waals surface area contributed by atoms with E-state index in [0.29, 0.717) is 31.6 Å². The lowest BCUT2D eigenvalue weighted by Crippen LogP contribution is -2.30. The van der Waals surface area contributed by atoms with Crippen LogP contribution < -0.4 is 0 Å². The number of carbonyl (C=O) groups is 4. The second-order valence-electron chi connectivity index (χ2n) is 29.4. The quantitative estimate of drug-likeness (QED) is 0.0222. The fraction of sp³-hybridized carbons (Fsp3) is 0.948. The third-order valence-corrected chi connectivity index (χ3v) is 20.1. The van der Waals surface area contributed by atoms with Crippen molar-refractivity contribution in [2.75, 3.05) is 39.6 Å². The maximum atomic E-state index is 13.1. The van der Waals surface area contributed by atoms with Crippen molar-refractivity contribution in [1.82, 2.24) is 0 Å². The Morgan fingerprint density at radius 1 is 0.292 bits per heavy atom. The van der Waals surface area contributed by atoms with Gasteiger partial charge in [-0.15, -0.1) is 0 Å². The molecule has 6 atom stereocenters. The summed E-state index contributed by atoms with van der Waals surface area (Å²) >= 11 is 0. The standard InChI is InChI=1S/C77H150O17P2/c1-9-70(8)56-48-40-31-27-28-32-41-49-57-74(79)87-63-72(93-77(82)60-52-44-34-26-22-18-20-24-30-38-46-54-68(4)5)65-91-95(83,84)89-61-71(78)62-90-96(85,86)92-66-73(64-88-75(80)58-50-42-36-35-39-47-55-69(6)7)94-76(81)59-51-43-33-25-21-17-15-13-11-10-12-14-16-19-23-29-37-45-53-67(2)3/h67-73,78H,9-66H2,1-8H3,(H,83,84)(H,85,86)/t70?,71?,72-,73-/m1/s1. The molecule has 570 valence electrons. The average Bonchev–Trinajstić information content (AvgIpc) is 2.93. The first-order valence-electron chi connectivity index (χ1n) is 39.7. The van der Waals surface area contributed by atoms with Crippen LogP contribution in [-0.4, -0.2) is 96.7 Å². The molecule has 0 aliphatic carbocycles. The van der Waals surface area contributed by atoms with Gasteiger partial charge in [-0.3, -0.25) is 37.3 Å². The molecule has 0 saturated carbocycles. The summed E-state index contributed by atoms with van der Waals surface area (Å²) in [5, 5.41) is 10.6. The number of unbranched alkanes of at least 4 members (excludes halogenated alkanes) is 39. The van der Waals surface area contributed by atoms with Gasteiger partial charge in [-0.1, -0.05) is 338 Å². The summed E-state index contributed by atoms with van der Waals surface area (Å²) in [6.45, 7) is 14.2. The number of esters is 4. The van der Waals surface area contributed by atoms with Crippen LogP contribution in [0, 0.1) is 23.7 Å². The van der Waals surface area contributed by atoms with Crippen molar-refractivity contribution in [2.45, 2.75) is 408 Å². The van der Waals surface area contributed by atoms with E-state index in [2.05, 4.69) is 55.4 Å². The molecule has 0 aliphatic rings. The molecule has 0 saturated heterocycles. The highest BCUT2D eigenvalue weighted by atomic mass is 31.2. The third-order valence-electron chi connectivity index (χ3n) is 18.2. The molecular weight excluding hydrogens is 1260 g/mol. The van der Waals surface area contributed by atoms with Gasteiger partial charge >= 0.3 is 39.5 Å². The van der Waals surface area contributed by atoms with Crippen molar-refractivity contribution < 1.29 is 80.2 Å². The van der Waals surface area contributed by atoms with Gasteiger partial charge in [0.1, 0.15) is 19.3 Å². The summed E-state index contributed by atoms with van der Waals surface area (Å²) in [6, 6.07) is 0. The Labute approximate surface area is 588 Å². The van der Waals surface area contributed by atoms with E-state index in [9.17, 15) is 43.2 Å². The summed E-state index contributed by atoms with van der Waals surface area (Å²) < 4.78 is 68.5. The van der Waals surface area contributed by atoms with Crippen molar-refractivity contribution >= 4 is 39.5 Å².